The number of benzene rings is 1. The van der Waals surface area contributed by atoms with E-state index >= 15 is 0 Å². The SMILES string of the molecule is CCC(C)NC(=O)C(CN)c1ccccc1. The van der Waals surface area contributed by atoms with E-state index in [0.29, 0.717) is 6.54 Å². The van der Waals surface area contributed by atoms with Gasteiger partial charge in [0, 0.05) is 12.6 Å². The van der Waals surface area contributed by atoms with Gasteiger partial charge in [-0.15, -0.1) is 0 Å². The highest BCUT2D eigenvalue weighted by molar-refractivity contribution is 5.84. The summed E-state index contributed by atoms with van der Waals surface area (Å²) in [4.78, 5) is 12.0. The van der Waals surface area contributed by atoms with Crippen molar-refractivity contribution in [2.45, 2.75) is 32.2 Å². The third-order valence-corrected chi connectivity index (χ3v) is 2.76. The van der Waals surface area contributed by atoms with Crippen LogP contribution in [0, 0.1) is 0 Å². The molecule has 1 aromatic carbocycles. The van der Waals surface area contributed by atoms with Gasteiger partial charge in [-0.3, -0.25) is 4.79 Å². The summed E-state index contributed by atoms with van der Waals surface area (Å²) in [7, 11) is 0. The maximum absolute atomic E-state index is 12.0. The van der Waals surface area contributed by atoms with Crippen molar-refractivity contribution in [3.05, 3.63) is 35.9 Å². The van der Waals surface area contributed by atoms with Gasteiger partial charge < -0.3 is 11.1 Å². The fraction of sp³-hybridized carbons (Fsp3) is 0.462. The lowest BCUT2D eigenvalue weighted by Gasteiger charge is -2.18. The van der Waals surface area contributed by atoms with E-state index in [4.69, 9.17) is 5.73 Å². The Labute approximate surface area is 97.0 Å². The fourth-order valence-corrected chi connectivity index (χ4v) is 1.53. The predicted octanol–water partition coefficient (Wildman–Crippen LogP) is 1.64. The number of carbonyl (C=O) groups excluding carboxylic acids is 1. The van der Waals surface area contributed by atoms with Crippen molar-refractivity contribution in [1.29, 1.82) is 0 Å². The first-order valence-electron chi connectivity index (χ1n) is 5.74. The van der Waals surface area contributed by atoms with Crippen molar-refractivity contribution >= 4 is 5.91 Å². The van der Waals surface area contributed by atoms with Gasteiger partial charge in [0.1, 0.15) is 0 Å². The molecule has 16 heavy (non-hydrogen) atoms. The minimum atomic E-state index is -0.241. The molecule has 0 saturated heterocycles. The molecular formula is C13H20N2O. The van der Waals surface area contributed by atoms with Gasteiger partial charge in [-0.2, -0.15) is 0 Å². The second-order valence-electron chi connectivity index (χ2n) is 4.02. The third-order valence-electron chi connectivity index (χ3n) is 2.76. The van der Waals surface area contributed by atoms with Crippen LogP contribution in [0.4, 0.5) is 0 Å². The highest BCUT2D eigenvalue weighted by atomic mass is 16.1. The van der Waals surface area contributed by atoms with Gasteiger partial charge in [0.2, 0.25) is 5.91 Å². The van der Waals surface area contributed by atoms with Gasteiger partial charge >= 0.3 is 0 Å². The zero-order chi connectivity index (χ0) is 12.0. The summed E-state index contributed by atoms with van der Waals surface area (Å²) in [6.07, 6.45) is 0.928. The highest BCUT2D eigenvalue weighted by Gasteiger charge is 2.19. The quantitative estimate of drug-likeness (QED) is 0.792. The van der Waals surface area contributed by atoms with Gasteiger partial charge in [-0.25, -0.2) is 0 Å². The zero-order valence-electron chi connectivity index (χ0n) is 9.94. The first-order valence-corrected chi connectivity index (χ1v) is 5.74. The average Bonchev–Trinajstić information content (AvgIpc) is 2.31. The van der Waals surface area contributed by atoms with Crippen molar-refractivity contribution in [1.82, 2.24) is 5.32 Å². The molecule has 2 unspecified atom stereocenters. The van der Waals surface area contributed by atoms with E-state index in [9.17, 15) is 4.79 Å². The summed E-state index contributed by atoms with van der Waals surface area (Å²) < 4.78 is 0. The number of hydrogen-bond donors (Lipinski definition) is 2. The first kappa shape index (κ1) is 12.7. The molecule has 0 aliphatic rings. The van der Waals surface area contributed by atoms with Crippen molar-refractivity contribution in [3.8, 4) is 0 Å². The Bertz CT molecular complexity index is 324. The lowest BCUT2D eigenvalue weighted by atomic mass is 9.98. The van der Waals surface area contributed by atoms with E-state index < -0.39 is 0 Å². The van der Waals surface area contributed by atoms with Crippen molar-refractivity contribution in [3.63, 3.8) is 0 Å². The van der Waals surface area contributed by atoms with E-state index in [1.54, 1.807) is 0 Å². The molecule has 0 saturated carbocycles. The molecule has 1 rings (SSSR count). The fourth-order valence-electron chi connectivity index (χ4n) is 1.53. The summed E-state index contributed by atoms with van der Waals surface area (Å²) in [5, 5.41) is 2.96. The number of amides is 1. The minimum absolute atomic E-state index is 0.0167. The first-order chi connectivity index (χ1) is 7.69. The number of hydrogen-bond acceptors (Lipinski definition) is 2. The number of nitrogens with one attached hydrogen (secondary N) is 1. The molecule has 3 N–H and O–H groups in total. The number of nitrogens with two attached hydrogens (primary N) is 1. The van der Waals surface area contributed by atoms with Crippen LogP contribution in [0.5, 0.6) is 0 Å². The van der Waals surface area contributed by atoms with Crippen molar-refractivity contribution in [2.75, 3.05) is 6.54 Å². The summed E-state index contributed by atoms with van der Waals surface area (Å²) in [5.74, 6) is -0.224. The van der Waals surface area contributed by atoms with E-state index in [1.807, 2.05) is 44.2 Å². The maximum atomic E-state index is 12.0. The van der Waals surface area contributed by atoms with Crippen LogP contribution in [-0.4, -0.2) is 18.5 Å². The van der Waals surface area contributed by atoms with E-state index in [0.717, 1.165) is 12.0 Å². The Hall–Kier alpha value is -1.35. The molecule has 0 aliphatic carbocycles. The number of rotatable bonds is 5. The van der Waals surface area contributed by atoms with Crippen LogP contribution >= 0.6 is 0 Å². The Balaban J connectivity index is 2.71. The van der Waals surface area contributed by atoms with Gasteiger partial charge in [0.25, 0.3) is 0 Å². The lowest BCUT2D eigenvalue weighted by Crippen LogP contribution is -2.38. The molecule has 0 spiro atoms. The molecule has 3 nitrogen and oxygen atoms in total. The average molecular weight is 220 g/mol. The lowest BCUT2D eigenvalue weighted by molar-refractivity contribution is -0.123. The standard InChI is InChI=1S/C13H20N2O/c1-3-10(2)15-13(16)12(9-14)11-7-5-4-6-8-11/h4-8,10,12H,3,9,14H2,1-2H3,(H,15,16). The number of carbonyl (C=O) groups is 1. The maximum Gasteiger partial charge on any atom is 0.229 e. The monoisotopic (exact) mass is 220 g/mol. The summed E-state index contributed by atoms with van der Waals surface area (Å²) in [5.41, 5.74) is 6.64. The Morgan fingerprint density at radius 2 is 2.00 bits per heavy atom. The zero-order valence-corrected chi connectivity index (χ0v) is 9.94. The normalized spacial score (nSPS) is 14.2. The molecule has 2 atom stereocenters. The summed E-state index contributed by atoms with van der Waals surface area (Å²) in [6, 6.07) is 9.86. The van der Waals surface area contributed by atoms with Gasteiger partial charge in [-0.05, 0) is 18.9 Å². The predicted molar refractivity (Wildman–Crippen MR) is 66.1 cm³/mol. The smallest absolute Gasteiger partial charge is 0.229 e. The molecule has 0 aliphatic heterocycles. The molecule has 0 aromatic heterocycles. The molecule has 0 bridgehead atoms. The van der Waals surface area contributed by atoms with E-state index in [2.05, 4.69) is 5.32 Å². The second-order valence-corrected chi connectivity index (χ2v) is 4.02. The Morgan fingerprint density at radius 3 is 2.50 bits per heavy atom. The Morgan fingerprint density at radius 1 is 1.38 bits per heavy atom. The second kappa shape index (κ2) is 6.28. The molecule has 0 heterocycles. The van der Waals surface area contributed by atoms with Gasteiger partial charge in [0.15, 0.2) is 0 Å². The molecule has 88 valence electrons. The third kappa shape index (κ3) is 3.35. The molecular weight excluding hydrogens is 200 g/mol. The largest absolute Gasteiger partial charge is 0.353 e. The molecule has 1 aromatic rings. The van der Waals surface area contributed by atoms with E-state index in [1.165, 1.54) is 0 Å². The van der Waals surface area contributed by atoms with Gasteiger partial charge in [0.05, 0.1) is 5.92 Å². The molecule has 0 fully saturated rings. The Kier molecular flexibility index (Phi) is 4.99. The minimum Gasteiger partial charge on any atom is -0.353 e. The van der Waals surface area contributed by atoms with Crippen molar-refractivity contribution in [2.24, 2.45) is 5.73 Å². The topological polar surface area (TPSA) is 55.1 Å². The molecule has 3 heteroatoms. The van der Waals surface area contributed by atoms with Crippen LogP contribution in [0.3, 0.4) is 0 Å². The van der Waals surface area contributed by atoms with E-state index in [-0.39, 0.29) is 17.9 Å². The highest BCUT2D eigenvalue weighted by Crippen LogP contribution is 2.14. The van der Waals surface area contributed by atoms with Crippen LogP contribution in [0.25, 0.3) is 0 Å². The molecule has 0 radical (unpaired) electrons. The van der Waals surface area contributed by atoms with Crippen LogP contribution in [0.1, 0.15) is 31.7 Å². The summed E-state index contributed by atoms with van der Waals surface area (Å²) in [6.45, 7) is 4.38. The van der Waals surface area contributed by atoms with Crippen LogP contribution in [0.15, 0.2) is 30.3 Å². The van der Waals surface area contributed by atoms with Crippen LogP contribution in [-0.2, 0) is 4.79 Å². The molecule has 1 amide bonds. The van der Waals surface area contributed by atoms with Crippen LogP contribution in [0.2, 0.25) is 0 Å². The summed E-state index contributed by atoms with van der Waals surface area (Å²) >= 11 is 0. The van der Waals surface area contributed by atoms with Crippen LogP contribution < -0.4 is 11.1 Å². The van der Waals surface area contributed by atoms with Gasteiger partial charge in [-0.1, -0.05) is 37.3 Å². The van der Waals surface area contributed by atoms with Crippen molar-refractivity contribution < 1.29 is 4.79 Å².